The molecule has 14 heteroatoms. The average molecular weight is 605 g/mol. The summed E-state index contributed by atoms with van der Waals surface area (Å²) >= 11 is 0. The van der Waals surface area contributed by atoms with Gasteiger partial charge in [-0.05, 0) is 47.5 Å². The Morgan fingerprint density at radius 1 is 0.568 bits per heavy atom. The zero-order valence-electron chi connectivity index (χ0n) is 24.5. The Morgan fingerprint density at radius 3 is 1.27 bits per heavy atom. The van der Waals surface area contributed by atoms with Crippen LogP contribution in [0.5, 0.6) is 23.0 Å². The van der Waals surface area contributed by atoms with Gasteiger partial charge in [0.15, 0.2) is 23.0 Å². The van der Waals surface area contributed by atoms with Crippen LogP contribution in [0.1, 0.15) is 31.8 Å². The van der Waals surface area contributed by atoms with E-state index in [1.54, 1.807) is 48.5 Å². The van der Waals surface area contributed by atoms with Crippen molar-refractivity contribution in [3.63, 3.8) is 0 Å². The van der Waals surface area contributed by atoms with E-state index in [2.05, 4.69) is 31.7 Å². The van der Waals surface area contributed by atoms with Gasteiger partial charge >= 0.3 is 0 Å². The van der Waals surface area contributed by atoms with Crippen molar-refractivity contribution in [1.82, 2.24) is 21.5 Å². The third kappa shape index (κ3) is 9.58. The van der Waals surface area contributed by atoms with Crippen LogP contribution in [0.15, 0.2) is 70.9 Å². The number of carbonyl (C=O) groups excluding carboxylic acids is 4. The summed E-state index contributed by atoms with van der Waals surface area (Å²) in [5, 5.41) is 12.8. The number of rotatable bonds is 14. The largest absolute Gasteiger partial charge is 0.493 e. The zero-order valence-corrected chi connectivity index (χ0v) is 24.5. The lowest BCUT2D eigenvalue weighted by molar-refractivity contribution is -0.120. The van der Waals surface area contributed by atoms with E-state index in [9.17, 15) is 19.2 Å². The summed E-state index contributed by atoms with van der Waals surface area (Å²) in [4.78, 5) is 48.8. The van der Waals surface area contributed by atoms with Crippen molar-refractivity contribution in [1.29, 1.82) is 0 Å². The number of hydrogen-bond donors (Lipinski definition) is 4. The summed E-state index contributed by atoms with van der Waals surface area (Å²) in [5.74, 6) is -0.210. The van der Waals surface area contributed by atoms with Gasteiger partial charge in [-0.2, -0.15) is 10.2 Å². The lowest BCUT2D eigenvalue weighted by atomic mass is 10.2. The molecule has 230 valence electrons. The molecule has 14 nitrogen and oxygen atoms in total. The molecule has 0 aliphatic heterocycles. The van der Waals surface area contributed by atoms with E-state index >= 15 is 0 Å². The second kappa shape index (κ2) is 16.5. The number of amides is 4. The van der Waals surface area contributed by atoms with Gasteiger partial charge in [0, 0.05) is 11.1 Å². The minimum absolute atomic E-state index is 0.286. The smallest absolute Gasteiger partial charge is 0.259 e. The Morgan fingerprint density at radius 2 is 0.932 bits per heavy atom. The number of hydrogen-bond acceptors (Lipinski definition) is 10. The maximum Gasteiger partial charge on any atom is 0.259 e. The summed E-state index contributed by atoms with van der Waals surface area (Å²) in [6.07, 6.45) is 2.86. The molecule has 4 amide bonds. The number of nitrogens with zero attached hydrogens (tertiary/aromatic N) is 2. The van der Waals surface area contributed by atoms with Gasteiger partial charge in [0.2, 0.25) is 0 Å². The molecule has 0 aliphatic carbocycles. The Hall–Kier alpha value is -5.92. The fourth-order valence-electron chi connectivity index (χ4n) is 3.58. The number of methoxy groups -OCH3 is 4. The standard InChI is InChI=1S/C30H32N6O8/c1-41-23-11-9-21(13-25(23)43-3)29(39)31-17-27(37)35-33-15-19-5-7-20(8-6-19)16-34-36-28(38)18-32-30(40)22-10-12-24(42-2)26(14-22)44-4/h5-16H,17-18H2,1-4H3,(H,31,39)(H,32,40)(H,35,37)(H,36,38)/b33-15+,34-16+. The van der Waals surface area contributed by atoms with Crippen molar-refractivity contribution in [2.75, 3.05) is 41.5 Å². The van der Waals surface area contributed by atoms with Crippen molar-refractivity contribution in [3.8, 4) is 23.0 Å². The Bertz CT molecular complexity index is 1420. The molecule has 4 N–H and O–H groups in total. The van der Waals surface area contributed by atoms with Crippen LogP contribution in [0, 0.1) is 0 Å². The number of hydrazone groups is 2. The van der Waals surface area contributed by atoms with Gasteiger partial charge in [0.25, 0.3) is 23.6 Å². The molecule has 0 heterocycles. The second-order valence-corrected chi connectivity index (χ2v) is 8.76. The van der Waals surface area contributed by atoms with Crippen molar-refractivity contribution >= 4 is 36.1 Å². The average Bonchev–Trinajstić information content (AvgIpc) is 3.05. The van der Waals surface area contributed by atoms with Crippen molar-refractivity contribution in [2.45, 2.75) is 0 Å². The number of carbonyl (C=O) groups is 4. The Balaban J connectivity index is 1.39. The van der Waals surface area contributed by atoms with E-state index < -0.39 is 23.6 Å². The summed E-state index contributed by atoms with van der Waals surface area (Å²) in [5.41, 5.74) is 6.64. The number of benzene rings is 3. The predicted octanol–water partition coefficient (Wildman–Crippen LogP) is 1.48. The minimum atomic E-state index is -0.519. The summed E-state index contributed by atoms with van der Waals surface area (Å²) < 4.78 is 20.6. The van der Waals surface area contributed by atoms with E-state index in [4.69, 9.17) is 18.9 Å². The monoisotopic (exact) mass is 604 g/mol. The van der Waals surface area contributed by atoms with Crippen molar-refractivity contribution in [3.05, 3.63) is 82.9 Å². The van der Waals surface area contributed by atoms with Gasteiger partial charge in [-0.1, -0.05) is 24.3 Å². The van der Waals surface area contributed by atoms with Gasteiger partial charge in [-0.3, -0.25) is 19.2 Å². The highest BCUT2D eigenvalue weighted by Gasteiger charge is 2.13. The lowest BCUT2D eigenvalue weighted by Gasteiger charge is -2.09. The first-order valence-electron chi connectivity index (χ1n) is 13.0. The van der Waals surface area contributed by atoms with Crippen LogP contribution in [0.3, 0.4) is 0 Å². The molecular formula is C30H32N6O8. The maximum atomic E-state index is 12.3. The topological polar surface area (TPSA) is 178 Å². The molecule has 0 fully saturated rings. The first-order chi connectivity index (χ1) is 21.3. The molecule has 0 spiro atoms. The molecular weight excluding hydrogens is 572 g/mol. The van der Waals surface area contributed by atoms with Crippen LogP contribution in [-0.4, -0.2) is 77.6 Å². The van der Waals surface area contributed by atoms with Gasteiger partial charge in [-0.25, -0.2) is 10.9 Å². The molecule has 0 unspecified atom stereocenters. The summed E-state index contributed by atoms with van der Waals surface area (Å²) in [6, 6.07) is 16.2. The SMILES string of the molecule is COc1ccc(C(=O)NCC(=O)N/N=C/c2ccc(/C=N/NC(=O)CNC(=O)c3ccc(OC)c(OC)c3)cc2)cc1OC. The van der Waals surface area contributed by atoms with Gasteiger partial charge < -0.3 is 29.6 Å². The molecule has 0 radical (unpaired) electrons. The molecule has 3 aromatic rings. The molecule has 0 saturated heterocycles. The lowest BCUT2D eigenvalue weighted by Crippen LogP contribution is -2.34. The molecule has 0 aromatic heterocycles. The normalized spacial score (nSPS) is 10.6. The highest BCUT2D eigenvalue weighted by molar-refractivity contribution is 5.98. The van der Waals surface area contributed by atoms with Gasteiger partial charge in [0.1, 0.15) is 0 Å². The van der Waals surface area contributed by atoms with Crippen LogP contribution in [-0.2, 0) is 9.59 Å². The van der Waals surface area contributed by atoms with Gasteiger partial charge in [0.05, 0.1) is 54.0 Å². The second-order valence-electron chi connectivity index (χ2n) is 8.76. The maximum absolute atomic E-state index is 12.3. The van der Waals surface area contributed by atoms with Crippen LogP contribution in [0.25, 0.3) is 0 Å². The van der Waals surface area contributed by atoms with E-state index in [0.717, 1.165) is 0 Å². The van der Waals surface area contributed by atoms with Crippen LogP contribution >= 0.6 is 0 Å². The molecule has 0 atom stereocenters. The summed E-state index contributed by atoms with van der Waals surface area (Å²) in [6.45, 7) is -0.572. The fourth-order valence-corrected chi connectivity index (χ4v) is 3.58. The van der Waals surface area contributed by atoms with Crippen LogP contribution in [0.4, 0.5) is 0 Å². The van der Waals surface area contributed by atoms with E-state index in [1.807, 2.05) is 0 Å². The van der Waals surface area contributed by atoms with Crippen LogP contribution in [0.2, 0.25) is 0 Å². The predicted molar refractivity (Wildman–Crippen MR) is 162 cm³/mol. The van der Waals surface area contributed by atoms with E-state index in [1.165, 1.54) is 53.0 Å². The first kappa shape index (κ1) is 32.6. The third-order valence-corrected chi connectivity index (χ3v) is 5.85. The molecule has 0 bridgehead atoms. The zero-order chi connectivity index (χ0) is 31.9. The first-order valence-corrected chi connectivity index (χ1v) is 13.0. The Kier molecular flexibility index (Phi) is 12.2. The molecule has 0 aliphatic rings. The number of ether oxygens (including phenoxy) is 4. The molecule has 3 rings (SSSR count). The molecule has 3 aromatic carbocycles. The highest BCUT2D eigenvalue weighted by Crippen LogP contribution is 2.28. The molecule has 0 saturated carbocycles. The van der Waals surface area contributed by atoms with E-state index in [0.29, 0.717) is 45.3 Å². The number of nitrogens with one attached hydrogen (secondary N) is 4. The van der Waals surface area contributed by atoms with Gasteiger partial charge in [-0.15, -0.1) is 0 Å². The van der Waals surface area contributed by atoms with E-state index in [-0.39, 0.29) is 13.1 Å². The summed E-state index contributed by atoms with van der Waals surface area (Å²) in [7, 11) is 5.90. The quantitative estimate of drug-likeness (QED) is 0.158. The minimum Gasteiger partial charge on any atom is -0.493 e. The van der Waals surface area contributed by atoms with Crippen LogP contribution < -0.4 is 40.4 Å². The fraction of sp³-hybridized carbons (Fsp3) is 0.200. The van der Waals surface area contributed by atoms with Crippen molar-refractivity contribution < 1.29 is 38.1 Å². The third-order valence-electron chi connectivity index (χ3n) is 5.85. The van der Waals surface area contributed by atoms with Crippen molar-refractivity contribution in [2.24, 2.45) is 10.2 Å². The highest BCUT2D eigenvalue weighted by atomic mass is 16.5. The Labute approximate surface area is 253 Å². The molecule has 44 heavy (non-hydrogen) atoms.